The number of piperidine rings is 1. The van der Waals surface area contributed by atoms with Gasteiger partial charge in [0.05, 0.1) is 5.69 Å². The van der Waals surface area contributed by atoms with Crippen LogP contribution < -0.4 is 5.69 Å². The molecule has 0 saturated carbocycles. The van der Waals surface area contributed by atoms with E-state index in [1.807, 2.05) is 30.3 Å². The van der Waals surface area contributed by atoms with Crippen molar-refractivity contribution >= 4 is 5.91 Å². The summed E-state index contributed by atoms with van der Waals surface area (Å²) < 4.78 is 8.23. The Morgan fingerprint density at radius 2 is 2.00 bits per heavy atom. The Morgan fingerprint density at radius 1 is 1.22 bits per heavy atom. The summed E-state index contributed by atoms with van der Waals surface area (Å²) in [7, 11) is 1.64. The molecule has 0 radical (unpaired) electrons. The largest absolute Gasteiger partial charge is 0.417 e. The highest BCUT2D eigenvalue weighted by atomic mass is 16.4. The van der Waals surface area contributed by atoms with Gasteiger partial charge in [-0.25, -0.2) is 14.0 Å². The van der Waals surface area contributed by atoms with Crippen LogP contribution in [0, 0.1) is 6.92 Å². The molecule has 0 spiro atoms. The van der Waals surface area contributed by atoms with Gasteiger partial charge in [0.1, 0.15) is 5.82 Å². The zero-order valence-electron chi connectivity index (χ0n) is 15.2. The molecule has 9 heteroatoms. The Kier molecular flexibility index (Phi) is 4.35. The number of hydrogen-bond acceptors (Lipinski definition) is 6. The number of carbonyl (C=O) groups is 1. The van der Waals surface area contributed by atoms with Gasteiger partial charge in [0.25, 0.3) is 0 Å². The number of rotatable bonds is 3. The smallest absolute Gasteiger partial charge is 0.350 e. The Hall–Kier alpha value is -3.23. The second-order valence-corrected chi connectivity index (χ2v) is 6.65. The molecule has 140 valence electrons. The summed E-state index contributed by atoms with van der Waals surface area (Å²) in [5, 5.41) is 12.0. The van der Waals surface area contributed by atoms with Gasteiger partial charge in [0.15, 0.2) is 0 Å². The predicted molar refractivity (Wildman–Crippen MR) is 95.7 cm³/mol. The number of nitrogens with zero attached hydrogens (tertiary/aromatic N) is 6. The van der Waals surface area contributed by atoms with E-state index in [0.717, 1.165) is 18.5 Å². The normalized spacial score (nSPS) is 17.3. The van der Waals surface area contributed by atoms with Gasteiger partial charge in [0.2, 0.25) is 5.89 Å². The maximum Gasteiger partial charge on any atom is 0.350 e. The summed E-state index contributed by atoms with van der Waals surface area (Å²) in [6, 6.07) is 9.41. The fourth-order valence-corrected chi connectivity index (χ4v) is 3.46. The quantitative estimate of drug-likeness (QED) is 0.691. The van der Waals surface area contributed by atoms with Gasteiger partial charge in [-0.3, -0.25) is 4.79 Å². The number of hydrogen-bond donors (Lipinski definition) is 0. The highest BCUT2D eigenvalue weighted by Crippen LogP contribution is 2.27. The van der Waals surface area contributed by atoms with E-state index in [9.17, 15) is 9.59 Å². The molecule has 9 nitrogen and oxygen atoms in total. The van der Waals surface area contributed by atoms with Crippen LogP contribution in [0.15, 0.2) is 39.5 Å². The van der Waals surface area contributed by atoms with E-state index < -0.39 is 0 Å². The van der Waals surface area contributed by atoms with Crippen LogP contribution in [0.25, 0.3) is 5.69 Å². The summed E-state index contributed by atoms with van der Waals surface area (Å²) in [6.07, 6.45) is 1.65. The first-order valence-corrected chi connectivity index (χ1v) is 8.85. The van der Waals surface area contributed by atoms with Crippen molar-refractivity contribution in [2.45, 2.75) is 25.7 Å². The summed E-state index contributed by atoms with van der Waals surface area (Å²) in [5.41, 5.74) is 0.564. The molecule has 3 aromatic rings. The van der Waals surface area contributed by atoms with Crippen LogP contribution in [0.4, 0.5) is 0 Å². The van der Waals surface area contributed by atoms with Crippen LogP contribution in [0.1, 0.15) is 41.2 Å². The van der Waals surface area contributed by atoms with E-state index in [1.165, 1.54) is 4.68 Å². The van der Waals surface area contributed by atoms with Gasteiger partial charge in [-0.05, 0) is 25.0 Å². The summed E-state index contributed by atoms with van der Waals surface area (Å²) in [5.74, 6) is 0.669. The average molecular weight is 368 g/mol. The molecule has 1 aliphatic heterocycles. The molecule has 0 N–H and O–H groups in total. The minimum Gasteiger partial charge on any atom is -0.417 e. The Bertz CT molecular complexity index is 1020. The van der Waals surface area contributed by atoms with Gasteiger partial charge >= 0.3 is 17.5 Å². The maximum absolute atomic E-state index is 12.7. The third-order valence-electron chi connectivity index (χ3n) is 4.75. The van der Waals surface area contributed by atoms with E-state index in [-0.39, 0.29) is 23.4 Å². The Balaban J connectivity index is 1.65. The fourth-order valence-electron chi connectivity index (χ4n) is 3.46. The molecule has 27 heavy (non-hydrogen) atoms. The topological polar surface area (TPSA) is 99.0 Å². The van der Waals surface area contributed by atoms with E-state index in [4.69, 9.17) is 4.42 Å². The molecule has 0 aliphatic carbocycles. The van der Waals surface area contributed by atoms with Crippen molar-refractivity contribution in [3.05, 3.63) is 58.4 Å². The lowest BCUT2D eigenvalue weighted by Gasteiger charge is -2.31. The van der Waals surface area contributed by atoms with Crippen molar-refractivity contribution in [2.75, 3.05) is 13.1 Å². The van der Waals surface area contributed by atoms with Crippen LogP contribution in [0.5, 0.6) is 0 Å². The minimum atomic E-state index is -0.287. The zero-order chi connectivity index (χ0) is 19.0. The van der Waals surface area contributed by atoms with Crippen molar-refractivity contribution in [3.63, 3.8) is 0 Å². The first-order chi connectivity index (χ1) is 13.0. The number of aromatic nitrogens is 5. The molecule has 2 aromatic heterocycles. The molecular weight excluding hydrogens is 348 g/mol. The monoisotopic (exact) mass is 368 g/mol. The molecule has 0 unspecified atom stereocenters. The highest BCUT2D eigenvalue weighted by Gasteiger charge is 2.31. The Morgan fingerprint density at radius 3 is 2.70 bits per heavy atom. The maximum atomic E-state index is 12.7. The number of carbonyl (C=O) groups excluding carboxylic acids is 1. The molecule has 1 amide bonds. The third-order valence-corrected chi connectivity index (χ3v) is 4.75. The molecule has 1 atom stereocenters. The van der Waals surface area contributed by atoms with E-state index >= 15 is 0 Å². The number of para-hydroxylation sites is 1. The number of aryl methyl sites for hydroxylation is 2. The van der Waals surface area contributed by atoms with E-state index in [1.54, 1.807) is 23.4 Å². The molecule has 1 fully saturated rings. The van der Waals surface area contributed by atoms with Crippen LogP contribution in [0.2, 0.25) is 0 Å². The fraction of sp³-hybridized carbons (Fsp3) is 0.389. The standard InChI is InChI=1S/C18H20N6O3/c1-12-19-20-16(27-12)17(25)23-10-6-7-13(11-23)15-21-22(2)18(26)24(15)14-8-4-3-5-9-14/h3-5,8-9,13H,6-7,10-11H2,1-2H3/t13-/m0/s1. The highest BCUT2D eigenvalue weighted by molar-refractivity contribution is 5.89. The second-order valence-electron chi connectivity index (χ2n) is 6.65. The molecule has 4 rings (SSSR count). The van der Waals surface area contributed by atoms with Crippen LogP contribution in [-0.2, 0) is 7.05 Å². The molecular formula is C18H20N6O3. The van der Waals surface area contributed by atoms with Gasteiger partial charge in [-0.1, -0.05) is 18.2 Å². The summed E-state index contributed by atoms with van der Waals surface area (Å²) in [6.45, 7) is 2.71. The minimum absolute atomic E-state index is 0.00498. The molecule has 0 bridgehead atoms. The first kappa shape index (κ1) is 17.2. The average Bonchev–Trinajstić information content (AvgIpc) is 3.25. The second kappa shape index (κ2) is 6.82. The predicted octanol–water partition coefficient (Wildman–Crippen LogP) is 1.28. The van der Waals surface area contributed by atoms with Gasteiger partial charge < -0.3 is 9.32 Å². The number of amides is 1. The van der Waals surface area contributed by atoms with Crippen molar-refractivity contribution in [1.82, 2.24) is 29.4 Å². The van der Waals surface area contributed by atoms with Gasteiger partial charge in [0, 0.05) is 33.0 Å². The van der Waals surface area contributed by atoms with Crippen molar-refractivity contribution < 1.29 is 9.21 Å². The van der Waals surface area contributed by atoms with Gasteiger partial charge in [-0.15, -0.1) is 10.2 Å². The lowest BCUT2D eigenvalue weighted by Crippen LogP contribution is -2.40. The lowest BCUT2D eigenvalue weighted by atomic mass is 9.97. The first-order valence-electron chi connectivity index (χ1n) is 8.85. The van der Waals surface area contributed by atoms with Crippen molar-refractivity contribution in [1.29, 1.82) is 0 Å². The third kappa shape index (κ3) is 3.16. The van der Waals surface area contributed by atoms with Crippen LogP contribution >= 0.6 is 0 Å². The molecule has 1 aromatic carbocycles. The van der Waals surface area contributed by atoms with Gasteiger partial charge in [-0.2, -0.15) is 5.10 Å². The number of benzene rings is 1. The van der Waals surface area contributed by atoms with E-state index in [2.05, 4.69) is 15.3 Å². The molecule has 1 saturated heterocycles. The SMILES string of the molecule is Cc1nnc(C(=O)N2CCC[C@H](c3nn(C)c(=O)n3-c3ccccc3)C2)o1. The summed E-state index contributed by atoms with van der Waals surface area (Å²) >= 11 is 0. The molecule has 1 aliphatic rings. The van der Waals surface area contributed by atoms with E-state index in [0.29, 0.717) is 24.8 Å². The zero-order valence-corrected chi connectivity index (χ0v) is 15.2. The van der Waals surface area contributed by atoms with Crippen LogP contribution in [-0.4, -0.2) is 48.4 Å². The number of likely N-dealkylation sites (tertiary alicyclic amines) is 1. The Labute approximate surface area is 155 Å². The van der Waals surface area contributed by atoms with Crippen LogP contribution in [0.3, 0.4) is 0 Å². The van der Waals surface area contributed by atoms with Crippen molar-refractivity contribution in [3.8, 4) is 5.69 Å². The lowest BCUT2D eigenvalue weighted by molar-refractivity contribution is 0.0662. The van der Waals surface area contributed by atoms with Crippen molar-refractivity contribution in [2.24, 2.45) is 7.05 Å². The summed E-state index contributed by atoms with van der Waals surface area (Å²) in [4.78, 5) is 27.0. The molecule has 3 heterocycles.